The van der Waals surface area contributed by atoms with E-state index >= 15 is 0 Å². The second kappa shape index (κ2) is 4.30. The van der Waals surface area contributed by atoms with Gasteiger partial charge in [-0.1, -0.05) is 17.7 Å². The number of rotatable bonds is 1. The molecule has 2 aromatic rings. The van der Waals surface area contributed by atoms with E-state index in [1.54, 1.807) is 0 Å². The number of anilines is 1. The molecule has 0 unspecified atom stereocenters. The van der Waals surface area contributed by atoms with Gasteiger partial charge in [0.2, 0.25) is 0 Å². The molecule has 5 heteroatoms. The Balaban J connectivity index is 2.14. The predicted molar refractivity (Wildman–Crippen MR) is 71.1 cm³/mol. The minimum Gasteiger partial charge on any atom is -0.382 e. The number of aryl methyl sites for hydroxylation is 1. The number of nitrogen functional groups attached to an aromatic ring is 1. The maximum Gasteiger partial charge on any atom is 0.151 e. The summed E-state index contributed by atoms with van der Waals surface area (Å²) in [7, 11) is 0. The normalized spacial score (nSPS) is 14.6. The smallest absolute Gasteiger partial charge is 0.151 e. The highest BCUT2D eigenvalue weighted by molar-refractivity contribution is 6.31. The van der Waals surface area contributed by atoms with E-state index in [0.717, 1.165) is 34.0 Å². The van der Waals surface area contributed by atoms with Crippen LogP contribution in [-0.2, 0) is 17.8 Å². The van der Waals surface area contributed by atoms with Crippen molar-refractivity contribution in [1.82, 2.24) is 9.78 Å². The fraction of sp³-hybridized carbons (Fsp3) is 0.308. The van der Waals surface area contributed by atoms with Crippen LogP contribution in [-0.4, -0.2) is 16.4 Å². The zero-order chi connectivity index (χ0) is 12.7. The number of nitrogens with two attached hydrogens (primary N) is 1. The summed E-state index contributed by atoms with van der Waals surface area (Å²) in [5, 5.41) is 5.13. The molecular formula is C13H14ClN3O. The lowest BCUT2D eigenvalue weighted by Crippen LogP contribution is -2.13. The van der Waals surface area contributed by atoms with Gasteiger partial charge in [0.15, 0.2) is 5.82 Å². The van der Waals surface area contributed by atoms with Crippen LogP contribution in [0.5, 0.6) is 0 Å². The quantitative estimate of drug-likeness (QED) is 0.860. The summed E-state index contributed by atoms with van der Waals surface area (Å²) in [5.74, 6) is 0.543. The van der Waals surface area contributed by atoms with Crippen LogP contribution in [0.1, 0.15) is 16.8 Å². The maximum absolute atomic E-state index is 6.16. The Kier molecular flexibility index (Phi) is 2.76. The Morgan fingerprint density at radius 2 is 2.28 bits per heavy atom. The topological polar surface area (TPSA) is 53.1 Å². The molecule has 3 rings (SSSR count). The van der Waals surface area contributed by atoms with Crippen molar-refractivity contribution in [2.75, 3.05) is 12.3 Å². The van der Waals surface area contributed by atoms with Gasteiger partial charge >= 0.3 is 0 Å². The lowest BCUT2D eigenvalue weighted by Gasteiger charge is -2.15. The molecule has 18 heavy (non-hydrogen) atoms. The molecule has 0 saturated carbocycles. The molecule has 0 amide bonds. The van der Waals surface area contributed by atoms with Crippen molar-refractivity contribution in [3.05, 3.63) is 40.0 Å². The zero-order valence-corrected chi connectivity index (χ0v) is 10.9. The van der Waals surface area contributed by atoms with Gasteiger partial charge in [0.05, 0.1) is 24.6 Å². The molecular weight excluding hydrogens is 250 g/mol. The van der Waals surface area contributed by atoms with Crippen molar-refractivity contribution in [3.63, 3.8) is 0 Å². The summed E-state index contributed by atoms with van der Waals surface area (Å²) in [6, 6.07) is 5.91. The molecule has 0 aliphatic carbocycles. The van der Waals surface area contributed by atoms with Crippen LogP contribution in [0.4, 0.5) is 5.82 Å². The lowest BCUT2D eigenvalue weighted by molar-refractivity contribution is 0.110. The highest BCUT2D eigenvalue weighted by Gasteiger charge is 2.20. The van der Waals surface area contributed by atoms with E-state index in [1.165, 1.54) is 0 Å². The average molecular weight is 264 g/mol. The molecule has 1 aliphatic heterocycles. The van der Waals surface area contributed by atoms with E-state index in [0.29, 0.717) is 19.0 Å². The number of ether oxygens (including phenoxy) is 1. The molecule has 1 aromatic carbocycles. The van der Waals surface area contributed by atoms with Gasteiger partial charge in [-0.25, -0.2) is 4.68 Å². The van der Waals surface area contributed by atoms with Gasteiger partial charge in [0.1, 0.15) is 0 Å². The highest BCUT2D eigenvalue weighted by Crippen LogP contribution is 2.27. The first-order chi connectivity index (χ1) is 8.66. The van der Waals surface area contributed by atoms with Crippen LogP contribution < -0.4 is 5.73 Å². The number of hydrogen-bond donors (Lipinski definition) is 1. The van der Waals surface area contributed by atoms with E-state index in [9.17, 15) is 0 Å². The van der Waals surface area contributed by atoms with Crippen molar-refractivity contribution < 1.29 is 4.74 Å². The van der Waals surface area contributed by atoms with Crippen LogP contribution in [0.15, 0.2) is 18.2 Å². The molecule has 0 fully saturated rings. The van der Waals surface area contributed by atoms with Gasteiger partial charge in [0.25, 0.3) is 0 Å². The monoisotopic (exact) mass is 263 g/mol. The van der Waals surface area contributed by atoms with Crippen molar-refractivity contribution >= 4 is 17.4 Å². The van der Waals surface area contributed by atoms with E-state index in [-0.39, 0.29) is 0 Å². The minimum absolute atomic E-state index is 0.542. The first kappa shape index (κ1) is 11.6. The van der Waals surface area contributed by atoms with E-state index in [2.05, 4.69) is 5.10 Å². The first-order valence-electron chi connectivity index (χ1n) is 5.87. The molecule has 0 saturated heterocycles. The Morgan fingerprint density at radius 1 is 1.44 bits per heavy atom. The van der Waals surface area contributed by atoms with Gasteiger partial charge < -0.3 is 10.5 Å². The summed E-state index contributed by atoms with van der Waals surface area (Å²) in [5.41, 5.74) is 10.0. The van der Waals surface area contributed by atoms with Crippen LogP contribution in [0.3, 0.4) is 0 Å². The maximum atomic E-state index is 6.16. The van der Waals surface area contributed by atoms with Crippen LogP contribution in [0.25, 0.3) is 5.69 Å². The van der Waals surface area contributed by atoms with Gasteiger partial charge in [0, 0.05) is 17.0 Å². The SMILES string of the molecule is Cc1ccc(-n2nc(N)c3c2CCOC3)cc1Cl. The molecule has 0 atom stereocenters. The van der Waals surface area contributed by atoms with E-state index in [1.807, 2.05) is 29.8 Å². The third kappa shape index (κ3) is 1.78. The third-order valence-corrected chi connectivity index (χ3v) is 3.66. The van der Waals surface area contributed by atoms with Crippen molar-refractivity contribution in [2.24, 2.45) is 0 Å². The van der Waals surface area contributed by atoms with Gasteiger partial charge in [-0.2, -0.15) is 5.10 Å². The molecule has 2 N–H and O–H groups in total. The van der Waals surface area contributed by atoms with Gasteiger partial charge in [-0.15, -0.1) is 0 Å². The van der Waals surface area contributed by atoms with Crippen LogP contribution >= 0.6 is 11.6 Å². The molecule has 94 valence electrons. The molecule has 0 bridgehead atoms. The first-order valence-corrected chi connectivity index (χ1v) is 6.25. The summed E-state index contributed by atoms with van der Waals surface area (Å²) >= 11 is 6.16. The predicted octanol–water partition coefficient (Wildman–Crippen LogP) is 2.49. The Bertz CT molecular complexity index is 607. The van der Waals surface area contributed by atoms with E-state index < -0.39 is 0 Å². The average Bonchev–Trinajstić information content (AvgIpc) is 2.71. The third-order valence-electron chi connectivity index (χ3n) is 3.25. The largest absolute Gasteiger partial charge is 0.382 e. The Hall–Kier alpha value is -1.52. The van der Waals surface area contributed by atoms with E-state index in [4.69, 9.17) is 22.1 Å². The summed E-state index contributed by atoms with van der Waals surface area (Å²) in [6.45, 7) is 3.23. The number of hydrogen-bond acceptors (Lipinski definition) is 3. The molecule has 4 nitrogen and oxygen atoms in total. The molecule has 1 aromatic heterocycles. The summed E-state index contributed by atoms with van der Waals surface area (Å²) in [4.78, 5) is 0. The van der Waals surface area contributed by atoms with Crippen LogP contribution in [0.2, 0.25) is 5.02 Å². The second-order valence-corrected chi connectivity index (χ2v) is 4.87. The van der Waals surface area contributed by atoms with Crippen molar-refractivity contribution in [1.29, 1.82) is 0 Å². The fourth-order valence-corrected chi connectivity index (χ4v) is 2.36. The molecule has 0 spiro atoms. The zero-order valence-electron chi connectivity index (χ0n) is 10.1. The highest BCUT2D eigenvalue weighted by atomic mass is 35.5. The summed E-state index contributed by atoms with van der Waals surface area (Å²) in [6.07, 6.45) is 0.824. The standard InChI is InChI=1S/C13H14ClN3O/c1-8-2-3-9(6-11(8)14)17-12-4-5-18-7-10(12)13(15)16-17/h2-3,6H,4-5,7H2,1H3,(H2,15,16). The molecule has 0 radical (unpaired) electrons. The van der Waals surface area contributed by atoms with Crippen molar-refractivity contribution in [2.45, 2.75) is 20.0 Å². The number of nitrogens with zero attached hydrogens (tertiary/aromatic N) is 2. The fourth-order valence-electron chi connectivity index (χ4n) is 2.19. The van der Waals surface area contributed by atoms with Gasteiger partial charge in [-0.05, 0) is 24.6 Å². The Labute approximate surface area is 110 Å². The molecule has 1 aliphatic rings. The number of aromatic nitrogens is 2. The van der Waals surface area contributed by atoms with Gasteiger partial charge in [-0.3, -0.25) is 0 Å². The second-order valence-electron chi connectivity index (χ2n) is 4.46. The number of fused-ring (bicyclic) bond motifs is 1. The molecule has 2 heterocycles. The van der Waals surface area contributed by atoms with Crippen LogP contribution in [0, 0.1) is 6.92 Å². The number of benzene rings is 1. The lowest BCUT2D eigenvalue weighted by atomic mass is 10.1. The Morgan fingerprint density at radius 3 is 3.06 bits per heavy atom. The minimum atomic E-state index is 0.542. The number of halogens is 1. The summed E-state index contributed by atoms with van der Waals surface area (Å²) < 4.78 is 7.28. The van der Waals surface area contributed by atoms with Crippen molar-refractivity contribution in [3.8, 4) is 5.69 Å².